The fraction of sp³-hybridized carbons (Fsp3) is 0.0800. The summed E-state index contributed by atoms with van der Waals surface area (Å²) in [4.78, 5) is 14.4. The molecule has 1 N–H and O–H groups in total. The van der Waals surface area contributed by atoms with Crippen molar-refractivity contribution >= 4 is 33.4 Å². The highest BCUT2D eigenvalue weighted by Gasteiger charge is 2.19. The quantitative estimate of drug-likeness (QED) is 0.288. The van der Waals surface area contributed by atoms with Gasteiger partial charge in [-0.05, 0) is 72.3 Å². The van der Waals surface area contributed by atoms with Gasteiger partial charge in [-0.15, -0.1) is 0 Å². The predicted octanol–water partition coefficient (Wildman–Crippen LogP) is 6.07. The molecule has 0 aliphatic rings. The molecule has 2 amide bonds. The number of hydrogen-bond donors (Lipinski definition) is 1. The lowest BCUT2D eigenvalue weighted by atomic mass is 10.2. The van der Waals surface area contributed by atoms with E-state index in [9.17, 15) is 17.6 Å². The highest BCUT2D eigenvalue weighted by Crippen LogP contribution is 2.22. The van der Waals surface area contributed by atoms with Crippen LogP contribution in [0.1, 0.15) is 11.3 Å². The standard InChI is InChI=1S/C25H20ClFN2O5S/c26-19-5-2-6-21(15-19)28-25(30)29(17-23-8-3-13-33-23)16-18-4-1-7-22(14-18)34-35(31,32)24-11-9-20(27)10-12-24/h1-15H,16-17H2,(H,28,30). The van der Waals surface area contributed by atoms with E-state index in [1.807, 2.05) is 0 Å². The van der Waals surface area contributed by atoms with Crippen molar-refractivity contribution in [2.45, 2.75) is 18.0 Å². The third kappa shape index (κ3) is 6.62. The van der Waals surface area contributed by atoms with Crippen molar-refractivity contribution in [2.75, 3.05) is 5.32 Å². The van der Waals surface area contributed by atoms with Crippen molar-refractivity contribution in [3.8, 4) is 5.75 Å². The Morgan fingerprint density at radius 1 is 0.971 bits per heavy atom. The van der Waals surface area contributed by atoms with Gasteiger partial charge in [0.15, 0.2) is 0 Å². The van der Waals surface area contributed by atoms with Crippen LogP contribution in [0, 0.1) is 5.82 Å². The minimum atomic E-state index is -4.16. The summed E-state index contributed by atoms with van der Waals surface area (Å²) in [5, 5.41) is 3.28. The molecule has 3 aromatic carbocycles. The third-order valence-corrected chi connectivity index (χ3v) is 6.37. The first kappa shape index (κ1) is 24.3. The Balaban J connectivity index is 1.53. The maximum Gasteiger partial charge on any atom is 0.339 e. The molecule has 0 fully saturated rings. The van der Waals surface area contributed by atoms with Crippen molar-refractivity contribution in [1.82, 2.24) is 4.90 Å². The number of urea groups is 1. The summed E-state index contributed by atoms with van der Waals surface area (Å²) < 4.78 is 48.9. The first-order valence-electron chi connectivity index (χ1n) is 10.4. The molecule has 180 valence electrons. The van der Waals surface area contributed by atoms with E-state index >= 15 is 0 Å². The van der Waals surface area contributed by atoms with Crippen molar-refractivity contribution in [3.05, 3.63) is 113 Å². The largest absolute Gasteiger partial charge is 0.467 e. The van der Waals surface area contributed by atoms with E-state index in [1.165, 1.54) is 23.3 Å². The fourth-order valence-electron chi connectivity index (χ4n) is 3.25. The zero-order valence-electron chi connectivity index (χ0n) is 18.2. The Labute approximate surface area is 206 Å². The summed E-state index contributed by atoms with van der Waals surface area (Å²) in [5.74, 6) is 0.0659. The zero-order chi connectivity index (χ0) is 24.8. The number of anilines is 1. The van der Waals surface area contributed by atoms with Crippen LogP contribution in [0.15, 0.2) is 101 Å². The van der Waals surface area contributed by atoms with Gasteiger partial charge in [-0.3, -0.25) is 0 Å². The number of nitrogens with one attached hydrogen (secondary N) is 1. The van der Waals surface area contributed by atoms with Crippen LogP contribution in [-0.4, -0.2) is 19.3 Å². The average molecular weight is 515 g/mol. The van der Waals surface area contributed by atoms with Crippen LogP contribution in [0.25, 0.3) is 0 Å². The summed E-state index contributed by atoms with van der Waals surface area (Å²) in [6, 6.07) is 20.5. The van der Waals surface area contributed by atoms with E-state index in [0.29, 0.717) is 22.0 Å². The van der Waals surface area contributed by atoms with E-state index < -0.39 is 22.0 Å². The van der Waals surface area contributed by atoms with Crippen LogP contribution in [0.2, 0.25) is 5.02 Å². The Kier molecular flexibility index (Phi) is 7.38. The molecule has 0 aliphatic heterocycles. The second-order valence-corrected chi connectivity index (χ2v) is 9.50. The molecular formula is C25H20ClFN2O5S. The maximum atomic E-state index is 13.1. The SMILES string of the molecule is O=C(Nc1cccc(Cl)c1)N(Cc1cccc(OS(=O)(=O)c2ccc(F)cc2)c1)Cc1ccco1. The maximum absolute atomic E-state index is 13.1. The third-order valence-electron chi connectivity index (χ3n) is 4.87. The minimum Gasteiger partial charge on any atom is -0.467 e. The molecule has 7 nitrogen and oxygen atoms in total. The summed E-state index contributed by atoms with van der Waals surface area (Å²) in [5.41, 5.74) is 1.14. The van der Waals surface area contributed by atoms with Gasteiger partial charge >= 0.3 is 16.1 Å². The van der Waals surface area contributed by atoms with Crippen molar-refractivity contribution < 1.29 is 26.2 Å². The fourth-order valence-corrected chi connectivity index (χ4v) is 4.36. The van der Waals surface area contributed by atoms with Gasteiger partial charge in [-0.25, -0.2) is 9.18 Å². The lowest BCUT2D eigenvalue weighted by Crippen LogP contribution is -2.34. The van der Waals surface area contributed by atoms with E-state index in [2.05, 4.69) is 5.32 Å². The Hall–Kier alpha value is -3.82. The lowest BCUT2D eigenvalue weighted by Gasteiger charge is -2.22. The van der Waals surface area contributed by atoms with Gasteiger partial charge in [-0.2, -0.15) is 8.42 Å². The first-order valence-corrected chi connectivity index (χ1v) is 12.2. The second-order valence-electron chi connectivity index (χ2n) is 7.51. The van der Waals surface area contributed by atoms with Crippen LogP contribution < -0.4 is 9.50 Å². The summed E-state index contributed by atoms with van der Waals surface area (Å²) in [6.07, 6.45) is 1.51. The molecule has 0 spiro atoms. The molecular weight excluding hydrogens is 495 g/mol. The molecule has 1 aromatic heterocycles. The lowest BCUT2D eigenvalue weighted by molar-refractivity contribution is 0.201. The van der Waals surface area contributed by atoms with E-state index in [1.54, 1.807) is 48.5 Å². The van der Waals surface area contributed by atoms with E-state index in [4.69, 9.17) is 20.2 Å². The number of hydrogen-bond acceptors (Lipinski definition) is 5. The monoisotopic (exact) mass is 514 g/mol. The molecule has 1 heterocycles. The van der Waals surface area contributed by atoms with Crippen LogP contribution in [0.3, 0.4) is 0 Å². The number of benzene rings is 3. The summed E-state index contributed by atoms with van der Waals surface area (Å²) in [7, 11) is -4.16. The van der Waals surface area contributed by atoms with Gasteiger partial charge in [-0.1, -0.05) is 29.8 Å². The number of carbonyl (C=O) groups is 1. The molecule has 0 radical (unpaired) electrons. The van der Waals surface area contributed by atoms with Gasteiger partial charge in [0.2, 0.25) is 0 Å². The second kappa shape index (κ2) is 10.6. The van der Waals surface area contributed by atoms with Crippen LogP contribution >= 0.6 is 11.6 Å². The highest BCUT2D eigenvalue weighted by atomic mass is 35.5. The van der Waals surface area contributed by atoms with Crippen molar-refractivity contribution in [2.24, 2.45) is 0 Å². The molecule has 0 saturated heterocycles. The molecule has 0 atom stereocenters. The molecule has 10 heteroatoms. The molecule has 4 rings (SSSR count). The molecule has 0 saturated carbocycles. The van der Waals surface area contributed by atoms with Gasteiger partial charge in [0, 0.05) is 17.3 Å². The number of rotatable bonds is 8. The average Bonchev–Trinajstić information content (AvgIpc) is 3.32. The van der Waals surface area contributed by atoms with Crippen molar-refractivity contribution in [1.29, 1.82) is 0 Å². The van der Waals surface area contributed by atoms with E-state index in [0.717, 1.165) is 24.3 Å². The van der Waals surface area contributed by atoms with Gasteiger partial charge < -0.3 is 18.8 Å². The number of furan rings is 1. The van der Waals surface area contributed by atoms with Gasteiger partial charge in [0.05, 0.1) is 12.8 Å². The zero-order valence-corrected chi connectivity index (χ0v) is 19.8. The van der Waals surface area contributed by atoms with Crippen LogP contribution in [0.5, 0.6) is 5.75 Å². The van der Waals surface area contributed by atoms with Gasteiger partial charge in [0.25, 0.3) is 0 Å². The molecule has 0 bridgehead atoms. The van der Waals surface area contributed by atoms with Crippen LogP contribution in [-0.2, 0) is 23.2 Å². The number of amides is 2. The van der Waals surface area contributed by atoms with Crippen molar-refractivity contribution in [3.63, 3.8) is 0 Å². The van der Waals surface area contributed by atoms with E-state index in [-0.39, 0.29) is 23.7 Å². The van der Waals surface area contributed by atoms with Gasteiger partial charge in [0.1, 0.15) is 22.2 Å². The number of halogens is 2. The normalized spacial score (nSPS) is 11.1. The number of nitrogens with zero attached hydrogens (tertiary/aromatic N) is 1. The molecule has 4 aromatic rings. The minimum absolute atomic E-state index is 0.0556. The Morgan fingerprint density at radius 2 is 1.74 bits per heavy atom. The molecule has 35 heavy (non-hydrogen) atoms. The summed E-state index contributed by atoms with van der Waals surface area (Å²) in [6.45, 7) is 0.291. The number of carbonyl (C=O) groups excluding carboxylic acids is 1. The summed E-state index contributed by atoms with van der Waals surface area (Å²) >= 11 is 6.01. The Bertz CT molecular complexity index is 1410. The smallest absolute Gasteiger partial charge is 0.339 e. The highest BCUT2D eigenvalue weighted by molar-refractivity contribution is 7.87. The topological polar surface area (TPSA) is 88.9 Å². The molecule has 0 aliphatic carbocycles. The predicted molar refractivity (Wildman–Crippen MR) is 129 cm³/mol. The first-order chi connectivity index (χ1) is 16.8. The Morgan fingerprint density at radius 3 is 2.46 bits per heavy atom. The van der Waals surface area contributed by atoms with Crippen LogP contribution in [0.4, 0.5) is 14.9 Å². The molecule has 0 unspecified atom stereocenters.